The van der Waals surface area contributed by atoms with Crippen molar-refractivity contribution >= 4 is 33.9 Å². The van der Waals surface area contributed by atoms with E-state index in [2.05, 4.69) is 0 Å². The van der Waals surface area contributed by atoms with Crippen LogP contribution in [0, 0.1) is 5.92 Å². The van der Waals surface area contributed by atoms with Gasteiger partial charge in [0.2, 0.25) is 11.2 Å². The summed E-state index contributed by atoms with van der Waals surface area (Å²) in [7, 11) is 0. The van der Waals surface area contributed by atoms with Crippen LogP contribution in [0.2, 0.25) is 0 Å². The van der Waals surface area contributed by atoms with Gasteiger partial charge >= 0.3 is 0 Å². The lowest BCUT2D eigenvalue weighted by Crippen LogP contribution is -2.35. The fraction of sp³-hybridized carbons (Fsp3) is 0.0333. The molecule has 0 bridgehead atoms. The van der Waals surface area contributed by atoms with Crippen LogP contribution in [0.25, 0.3) is 33.6 Å². The van der Waals surface area contributed by atoms with Crippen LogP contribution in [0.3, 0.4) is 0 Å². The van der Waals surface area contributed by atoms with E-state index in [1.165, 1.54) is 12.2 Å². The molecule has 0 saturated carbocycles. The zero-order valence-corrected chi connectivity index (χ0v) is 18.8. The van der Waals surface area contributed by atoms with Gasteiger partial charge in [0.05, 0.1) is 16.5 Å². The summed E-state index contributed by atoms with van der Waals surface area (Å²) in [6.07, 6.45) is 2.61. The lowest BCUT2D eigenvalue weighted by Gasteiger charge is -2.30. The molecule has 1 aliphatic heterocycles. The van der Waals surface area contributed by atoms with Gasteiger partial charge < -0.3 is 14.3 Å². The molecule has 1 aromatic heterocycles. The lowest BCUT2D eigenvalue weighted by atomic mass is 9.81. The van der Waals surface area contributed by atoms with Gasteiger partial charge in [-0.05, 0) is 24.3 Å². The zero-order valence-electron chi connectivity index (χ0n) is 18.8. The Morgan fingerprint density at radius 1 is 0.694 bits per heavy atom. The highest BCUT2D eigenvalue weighted by Crippen LogP contribution is 2.43. The van der Waals surface area contributed by atoms with E-state index in [9.17, 15) is 19.5 Å². The van der Waals surface area contributed by atoms with Gasteiger partial charge in [0.15, 0.2) is 11.5 Å². The minimum absolute atomic E-state index is 0.00430. The molecule has 1 aliphatic carbocycles. The largest absolute Gasteiger partial charge is 0.504 e. The number of allylic oxidation sites excluding steroid dienone is 5. The summed E-state index contributed by atoms with van der Waals surface area (Å²) < 4.78 is 12.4. The van der Waals surface area contributed by atoms with Crippen molar-refractivity contribution < 1.29 is 23.8 Å². The molecule has 0 fully saturated rings. The number of aliphatic hydroxyl groups is 1. The normalized spacial score (nSPS) is 17.4. The van der Waals surface area contributed by atoms with Gasteiger partial charge in [-0.25, -0.2) is 0 Å². The van der Waals surface area contributed by atoms with Crippen molar-refractivity contribution in [2.24, 2.45) is 5.92 Å². The monoisotopic (exact) mass is 474 g/mol. The van der Waals surface area contributed by atoms with E-state index in [4.69, 9.17) is 9.15 Å². The van der Waals surface area contributed by atoms with Crippen molar-refractivity contribution in [1.29, 1.82) is 0 Å². The molecule has 0 saturated heterocycles. The Kier molecular flexibility index (Phi) is 5.00. The molecule has 2 aliphatic rings. The first-order valence-corrected chi connectivity index (χ1v) is 11.3. The van der Waals surface area contributed by atoms with Crippen molar-refractivity contribution in [1.82, 2.24) is 0 Å². The molecule has 6 rings (SSSR count). The topological polar surface area (TPSA) is 93.8 Å². The summed E-state index contributed by atoms with van der Waals surface area (Å²) >= 11 is 0. The van der Waals surface area contributed by atoms with Crippen LogP contribution in [0.15, 0.2) is 118 Å². The molecule has 0 spiro atoms. The highest BCUT2D eigenvalue weighted by molar-refractivity contribution is 6.36. The Balaban J connectivity index is 1.74. The number of aliphatic hydroxyl groups excluding tert-OH is 1. The first kappa shape index (κ1) is 21.6. The van der Waals surface area contributed by atoms with Crippen molar-refractivity contribution in [3.63, 3.8) is 0 Å². The number of carbonyl (C=O) groups is 2. The number of hydrogen-bond acceptors (Lipinski definition) is 6. The standard InChI is InChI=1S/C30H18O6/c31-20-15-16-22-23(27(20)33)28(34)25(30(36-22)18-11-5-2-6-12-18)24-26(32)19-13-7-8-14-21(19)35-29(24)17-9-3-1-4-10-17/h1-16,23,31H. The number of rotatable bonds is 3. The Morgan fingerprint density at radius 2 is 1.33 bits per heavy atom. The zero-order chi connectivity index (χ0) is 24.8. The van der Waals surface area contributed by atoms with Gasteiger partial charge in [-0.1, -0.05) is 72.8 Å². The third-order valence-electron chi connectivity index (χ3n) is 6.28. The van der Waals surface area contributed by atoms with Crippen LogP contribution in [0.1, 0.15) is 11.1 Å². The minimum atomic E-state index is -1.40. The molecule has 4 aromatic rings. The molecule has 3 aromatic carbocycles. The molecule has 1 unspecified atom stereocenters. The maximum absolute atomic E-state index is 14.1. The van der Waals surface area contributed by atoms with E-state index < -0.39 is 28.7 Å². The molecular weight excluding hydrogens is 456 g/mol. The van der Waals surface area contributed by atoms with Crippen molar-refractivity contribution in [2.45, 2.75) is 0 Å². The predicted molar refractivity (Wildman–Crippen MR) is 135 cm³/mol. The number of fused-ring (bicyclic) bond motifs is 2. The number of carbonyl (C=O) groups excluding carboxylic acids is 2. The highest BCUT2D eigenvalue weighted by atomic mass is 16.5. The summed E-state index contributed by atoms with van der Waals surface area (Å²) in [5.74, 6) is -2.94. The fourth-order valence-electron chi connectivity index (χ4n) is 4.57. The van der Waals surface area contributed by atoms with Gasteiger partial charge in [0.1, 0.15) is 28.8 Å². The molecular formula is C30H18O6. The Morgan fingerprint density at radius 3 is 2.06 bits per heavy atom. The van der Waals surface area contributed by atoms with E-state index in [0.29, 0.717) is 22.1 Å². The van der Waals surface area contributed by atoms with Gasteiger partial charge in [0.25, 0.3) is 0 Å². The lowest BCUT2D eigenvalue weighted by molar-refractivity contribution is -0.129. The minimum Gasteiger partial charge on any atom is -0.504 e. The van der Waals surface area contributed by atoms with Crippen LogP contribution < -0.4 is 5.43 Å². The van der Waals surface area contributed by atoms with Crippen molar-refractivity contribution in [3.05, 3.63) is 130 Å². The Labute approximate surface area is 205 Å². The third-order valence-corrected chi connectivity index (χ3v) is 6.28. The van der Waals surface area contributed by atoms with Crippen LogP contribution in [-0.2, 0) is 14.3 Å². The van der Waals surface area contributed by atoms with Gasteiger partial charge in [-0.3, -0.25) is 14.4 Å². The van der Waals surface area contributed by atoms with Crippen molar-refractivity contribution in [3.8, 4) is 11.3 Å². The quantitative estimate of drug-likeness (QED) is 0.397. The number of Topliss-reactive ketones (excluding diaryl/α,β-unsaturated/α-hetero) is 2. The van der Waals surface area contributed by atoms with E-state index in [1.54, 1.807) is 72.8 Å². The molecule has 0 radical (unpaired) electrons. The summed E-state index contributed by atoms with van der Waals surface area (Å²) in [5, 5.41) is 10.4. The predicted octanol–water partition coefficient (Wildman–Crippen LogP) is 5.45. The fourth-order valence-corrected chi connectivity index (χ4v) is 4.57. The molecule has 2 heterocycles. The van der Waals surface area contributed by atoms with E-state index >= 15 is 0 Å². The number of benzene rings is 3. The molecule has 1 atom stereocenters. The Hall–Kier alpha value is -4.97. The molecule has 0 amide bonds. The number of hydrogen-bond donors (Lipinski definition) is 1. The highest BCUT2D eigenvalue weighted by Gasteiger charge is 2.45. The van der Waals surface area contributed by atoms with E-state index in [0.717, 1.165) is 0 Å². The van der Waals surface area contributed by atoms with Crippen LogP contribution in [0.5, 0.6) is 0 Å². The maximum atomic E-state index is 14.1. The van der Waals surface area contributed by atoms with Crippen LogP contribution >= 0.6 is 0 Å². The van der Waals surface area contributed by atoms with Gasteiger partial charge in [0, 0.05) is 11.1 Å². The summed E-state index contributed by atoms with van der Waals surface area (Å²) in [6, 6.07) is 24.7. The van der Waals surface area contributed by atoms with Gasteiger partial charge in [-0.15, -0.1) is 0 Å². The molecule has 1 N–H and O–H groups in total. The summed E-state index contributed by atoms with van der Waals surface area (Å²) in [6.45, 7) is 0. The smallest absolute Gasteiger partial charge is 0.215 e. The van der Waals surface area contributed by atoms with E-state index in [1.807, 2.05) is 12.1 Å². The number of para-hydroxylation sites is 1. The third kappa shape index (κ3) is 3.31. The average molecular weight is 474 g/mol. The second-order valence-corrected chi connectivity index (χ2v) is 8.45. The van der Waals surface area contributed by atoms with E-state index in [-0.39, 0.29) is 28.4 Å². The first-order chi connectivity index (χ1) is 17.5. The van der Waals surface area contributed by atoms with Crippen LogP contribution in [0.4, 0.5) is 0 Å². The second kappa shape index (κ2) is 8.36. The Bertz CT molecular complexity index is 1710. The number of ether oxygens (including phenoxy) is 1. The van der Waals surface area contributed by atoms with Crippen molar-refractivity contribution in [2.75, 3.05) is 0 Å². The molecule has 6 heteroatoms. The summed E-state index contributed by atoms with van der Waals surface area (Å²) in [4.78, 5) is 40.9. The van der Waals surface area contributed by atoms with Gasteiger partial charge in [-0.2, -0.15) is 0 Å². The SMILES string of the molecule is O=C1C(O)=CC=C2OC(c3ccccc3)=C(c3c(-c4ccccc4)oc4ccccc4c3=O)C(=O)C12. The molecule has 174 valence electrons. The summed E-state index contributed by atoms with van der Waals surface area (Å²) in [5.41, 5.74) is 1.02. The molecule has 6 nitrogen and oxygen atoms in total. The number of ketones is 2. The second-order valence-electron chi connectivity index (χ2n) is 8.45. The van der Waals surface area contributed by atoms with Crippen LogP contribution in [-0.4, -0.2) is 16.7 Å². The first-order valence-electron chi connectivity index (χ1n) is 11.3. The molecule has 36 heavy (non-hydrogen) atoms. The maximum Gasteiger partial charge on any atom is 0.215 e. The average Bonchev–Trinajstić information content (AvgIpc) is 2.92.